The number of rotatable bonds is 0. The summed E-state index contributed by atoms with van der Waals surface area (Å²) < 4.78 is 0. The molecule has 4 rings (SSSR count). The zero-order valence-corrected chi connectivity index (χ0v) is 13.4. The highest BCUT2D eigenvalue weighted by Crippen LogP contribution is 2.52. The highest BCUT2D eigenvalue weighted by atomic mass is 16.2. The topological polar surface area (TPSA) is 37.4 Å². The van der Waals surface area contributed by atoms with Crippen LogP contribution in [0, 0.1) is 10.8 Å². The van der Waals surface area contributed by atoms with Crippen LogP contribution in [0.15, 0.2) is 24.3 Å². The van der Waals surface area contributed by atoms with Crippen LogP contribution in [0.2, 0.25) is 0 Å². The molecule has 1 atom stereocenters. The molecule has 1 saturated carbocycles. The zero-order valence-electron chi connectivity index (χ0n) is 13.4. The second kappa shape index (κ2) is 4.43. The number of fused-ring (bicyclic) bond motifs is 4. The van der Waals surface area contributed by atoms with Crippen molar-refractivity contribution in [3.63, 3.8) is 0 Å². The number of anilines is 1. The molecule has 22 heavy (non-hydrogen) atoms. The number of carbonyl (C=O) groups excluding carboxylic acids is 2. The molecule has 1 aromatic rings. The molecule has 2 heterocycles. The average Bonchev–Trinajstić information content (AvgIpc) is 2.93. The molecular weight excluding hydrogens is 274 g/mol. The van der Waals surface area contributed by atoms with Crippen molar-refractivity contribution in [3.8, 4) is 0 Å². The van der Waals surface area contributed by atoms with E-state index in [9.17, 15) is 9.59 Å². The van der Waals surface area contributed by atoms with Gasteiger partial charge < -0.3 is 4.90 Å². The lowest BCUT2D eigenvalue weighted by Gasteiger charge is -2.50. The van der Waals surface area contributed by atoms with Gasteiger partial charge in [0.1, 0.15) is 17.0 Å². The molecule has 2 aliphatic heterocycles. The van der Waals surface area contributed by atoms with E-state index < -0.39 is 5.41 Å². The van der Waals surface area contributed by atoms with Crippen LogP contribution in [0.3, 0.4) is 0 Å². The standard InChI is InChI=1S/C19H23NO2/c1-18(2)11-16(21)19(17(22)12-18)10-13-6-3-4-7-14(13)20-9-5-8-15(19)20/h3-4,6-7,15H,5,8-12H2,1-2H3/t15-/m1/s1. The fourth-order valence-electron chi connectivity index (χ4n) is 4.90. The Morgan fingerprint density at radius 3 is 2.45 bits per heavy atom. The van der Waals surface area contributed by atoms with Gasteiger partial charge in [-0.25, -0.2) is 0 Å². The fourth-order valence-corrected chi connectivity index (χ4v) is 4.90. The van der Waals surface area contributed by atoms with Crippen molar-refractivity contribution in [3.05, 3.63) is 29.8 Å². The Kier molecular flexibility index (Phi) is 2.82. The molecular formula is C19H23NO2. The highest BCUT2D eigenvalue weighted by molar-refractivity contribution is 6.11. The van der Waals surface area contributed by atoms with Gasteiger partial charge in [-0.3, -0.25) is 9.59 Å². The zero-order chi connectivity index (χ0) is 15.5. The van der Waals surface area contributed by atoms with Gasteiger partial charge in [-0.15, -0.1) is 0 Å². The molecule has 0 amide bonds. The van der Waals surface area contributed by atoms with Crippen LogP contribution in [0.1, 0.15) is 45.1 Å². The Bertz CT molecular complexity index is 641. The Morgan fingerprint density at radius 1 is 1.05 bits per heavy atom. The van der Waals surface area contributed by atoms with Gasteiger partial charge in [-0.05, 0) is 36.3 Å². The van der Waals surface area contributed by atoms with E-state index in [0.29, 0.717) is 19.3 Å². The summed E-state index contributed by atoms with van der Waals surface area (Å²) >= 11 is 0. The maximum atomic E-state index is 13.1. The molecule has 0 aromatic heterocycles. The average molecular weight is 297 g/mol. The van der Waals surface area contributed by atoms with Crippen LogP contribution in [0.4, 0.5) is 5.69 Å². The molecule has 1 aromatic carbocycles. The van der Waals surface area contributed by atoms with E-state index in [1.54, 1.807) is 0 Å². The smallest absolute Gasteiger partial charge is 0.149 e. The van der Waals surface area contributed by atoms with E-state index >= 15 is 0 Å². The van der Waals surface area contributed by atoms with Crippen LogP contribution < -0.4 is 4.90 Å². The van der Waals surface area contributed by atoms with Gasteiger partial charge in [-0.2, -0.15) is 0 Å². The Balaban J connectivity index is 1.85. The first-order valence-electron chi connectivity index (χ1n) is 8.35. The lowest BCUT2D eigenvalue weighted by Crippen LogP contribution is -2.61. The molecule has 3 nitrogen and oxygen atoms in total. The second-order valence-corrected chi connectivity index (χ2v) is 7.99. The van der Waals surface area contributed by atoms with Crippen molar-refractivity contribution in [1.82, 2.24) is 0 Å². The van der Waals surface area contributed by atoms with Gasteiger partial charge in [0, 0.05) is 31.1 Å². The Hall–Kier alpha value is -1.64. The van der Waals surface area contributed by atoms with Crippen molar-refractivity contribution < 1.29 is 9.59 Å². The van der Waals surface area contributed by atoms with E-state index in [-0.39, 0.29) is 23.0 Å². The Labute approximate surface area is 131 Å². The van der Waals surface area contributed by atoms with Gasteiger partial charge in [0.15, 0.2) is 0 Å². The van der Waals surface area contributed by atoms with Crippen LogP contribution in [-0.2, 0) is 16.0 Å². The molecule has 1 aliphatic carbocycles. The fraction of sp³-hybridized carbons (Fsp3) is 0.579. The van der Waals surface area contributed by atoms with E-state index in [0.717, 1.165) is 19.4 Å². The number of ketones is 2. The van der Waals surface area contributed by atoms with Crippen molar-refractivity contribution in [2.45, 2.75) is 52.0 Å². The molecule has 0 radical (unpaired) electrons. The predicted octanol–water partition coefficient (Wildman–Crippen LogP) is 3.16. The normalized spacial score (nSPS) is 28.6. The third-order valence-electron chi connectivity index (χ3n) is 5.87. The number of carbonyl (C=O) groups is 2. The molecule has 3 aliphatic rings. The van der Waals surface area contributed by atoms with Gasteiger partial charge in [0.25, 0.3) is 0 Å². The van der Waals surface area contributed by atoms with Crippen LogP contribution in [-0.4, -0.2) is 24.2 Å². The van der Waals surface area contributed by atoms with Gasteiger partial charge in [-0.1, -0.05) is 32.0 Å². The summed E-state index contributed by atoms with van der Waals surface area (Å²) in [4.78, 5) is 28.5. The molecule has 3 heteroatoms. The number of para-hydroxylation sites is 1. The van der Waals surface area contributed by atoms with Gasteiger partial charge in [0.2, 0.25) is 0 Å². The number of hydrogen-bond acceptors (Lipinski definition) is 3. The molecule has 0 N–H and O–H groups in total. The molecule has 1 spiro atoms. The summed E-state index contributed by atoms with van der Waals surface area (Å²) in [6, 6.07) is 8.39. The largest absolute Gasteiger partial charge is 0.367 e. The number of nitrogens with zero attached hydrogens (tertiary/aromatic N) is 1. The summed E-state index contributed by atoms with van der Waals surface area (Å²) in [5, 5.41) is 0. The van der Waals surface area contributed by atoms with Crippen LogP contribution in [0.25, 0.3) is 0 Å². The van der Waals surface area contributed by atoms with E-state index in [1.165, 1.54) is 11.3 Å². The predicted molar refractivity (Wildman–Crippen MR) is 86.0 cm³/mol. The lowest BCUT2D eigenvalue weighted by molar-refractivity contribution is -0.150. The lowest BCUT2D eigenvalue weighted by atomic mass is 9.57. The van der Waals surface area contributed by atoms with Gasteiger partial charge >= 0.3 is 0 Å². The number of Topliss-reactive ketones (excluding diaryl/α,β-unsaturated/α-hetero) is 2. The van der Waals surface area contributed by atoms with Crippen molar-refractivity contribution in [2.75, 3.05) is 11.4 Å². The number of benzene rings is 1. The summed E-state index contributed by atoms with van der Waals surface area (Å²) in [5.41, 5.74) is 1.45. The van der Waals surface area contributed by atoms with Crippen molar-refractivity contribution in [1.29, 1.82) is 0 Å². The molecule has 2 fully saturated rings. The van der Waals surface area contributed by atoms with Crippen molar-refractivity contribution in [2.24, 2.45) is 10.8 Å². The minimum Gasteiger partial charge on any atom is -0.367 e. The number of hydrogen-bond donors (Lipinski definition) is 0. The summed E-state index contributed by atoms with van der Waals surface area (Å²) in [6.07, 6.45) is 3.71. The molecule has 1 saturated heterocycles. The first kappa shape index (κ1) is 14.0. The molecule has 0 unspecified atom stereocenters. The maximum absolute atomic E-state index is 13.1. The Morgan fingerprint density at radius 2 is 1.73 bits per heavy atom. The summed E-state index contributed by atoms with van der Waals surface area (Å²) in [5.74, 6) is 0.361. The van der Waals surface area contributed by atoms with E-state index in [2.05, 4.69) is 23.1 Å². The quantitative estimate of drug-likeness (QED) is 0.690. The third-order valence-corrected chi connectivity index (χ3v) is 5.87. The SMILES string of the molecule is CC1(C)CC(=O)C2(Cc3ccccc3N3CCC[C@@H]32)C(=O)C1. The highest BCUT2D eigenvalue weighted by Gasteiger charge is 2.60. The first-order valence-corrected chi connectivity index (χ1v) is 8.35. The summed E-state index contributed by atoms with van der Waals surface area (Å²) in [7, 11) is 0. The van der Waals surface area contributed by atoms with Gasteiger partial charge in [0.05, 0.1) is 0 Å². The van der Waals surface area contributed by atoms with E-state index in [4.69, 9.17) is 0 Å². The minimum atomic E-state index is -0.777. The monoisotopic (exact) mass is 297 g/mol. The van der Waals surface area contributed by atoms with Crippen molar-refractivity contribution >= 4 is 17.3 Å². The maximum Gasteiger partial charge on any atom is 0.149 e. The molecule has 0 bridgehead atoms. The third kappa shape index (κ3) is 1.74. The minimum absolute atomic E-state index is 0.0819. The molecule has 116 valence electrons. The van der Waals surface area contributed by atoms with Crippen LogP contribution in [0.5, 0.6) is 0 Å². The summed E-state index contributed by atoms with van der Waals surface area (Å²) in [6.45, 7) is 5.05. The van der Waals surface area contributed by atoms with E-state index in [1.807, 2.05) is 19.9 Å². The van der Waals surface area contributed by atoms with Crippen LogP contribution >= 0.6 is 0 Å². The first-order chi connectivity index (χ1) is 10.4. The second-order valence-electron chi connectivity index (χ2n) is 7.99.